The Morgan fingerprint density at radius 1 is 1.29 bits per heavy atom. The summed E-state index contributed by atoms with van der Waals surface area (Å²) in [5.41, 5.74) is 3.12. The molecule has 0 aliphatic heterocycles. The molecule has 0 bridgehead atoms. The first-order valence-corrected chi connectivity index (χ1v) is 6.09. The van der Waals surface area contributed by atoms with E-state index in [0.717, 1.165) is 11.4 Å². The van der Waals surface area contributed by atoms with Gasteiger partial charge < -0.3 is 10.1 Å². The van der Waals surface area contributed by atoms with Gasteiger partial charge in [0.2, 0.25) is 0 Å². The van der Waals surface area contributed by atoms with Crippen LogP contribution in [0.3, 0.4) is 0 Å². The van der Waals surface area contributed by atoms with Gasteiger partial charge in [0.1, 0.15) is 5.78 Å². The zero-order chi connectivity index (χ0) is 13.3. The fourth-order valence-electron chi connectivity index (χ4n) is 1.32. The molecule has 2 heteroatoms. The van der Waals surface area contributed by atoms with Crippen molar-refractivity contribution < 1.29 is 4.79 Å². The van der Waals surface area contributed by atoms with Gasteiger partial charge in [0.05, 0.1) is 0 Å². The number of rotatable bonds is 5. The smallest absolute Gasteiger partial charge is 0.130 e. The molecule has 0 aliphatic carbocycles. The van der Waals surface area contributed by atoms with Gasteiger partial charge in [0.15, 0.2) is 0 Å². The number of nitrogens with one attached hydrogen (secondary N) is 1. The lowest BCUT2D eigenvalue weighted by atomic mass is 10.2. The molecule has 2 nitrogen and oxygen atoms in total. The maximum Gasteiger partial charge on any atom is 0.130 e. The SMILES string of the molecule is C=C(CCC(C)=O)Nc1cccc(C)c1.CC. The summed E-state index contributed by atoms with van der Waals surface area (Å²) in [7, 11) is 0. The van der Waals surface area contributed by atoms with Crippen molar-refractivity contribution in [2.45, 2.75) is 40.5 Å². The van der Waals surface area contributed by atoms with E-state index in [1.807, 2.05) is 39.0 Å². The number of carbonyl (C=O) groups excluding carboxylic acids is 1. The van der Waals surface area contributed by atoms with E-state index in [2.05, 4.69) is 18.0 Å². The zero-order valence-corrected chi connectivity index (χ0v) is 11.3. The topological polar surface area (TPSA) is 29.1 Å². The second-order valence-electron chi connectivity index (χ2n) is 3.80. The van der Waals surface area contributed by atoms with Crippen LogP contribution in [0, 0.1) is 6.92 Å². The van der Waals surface area contributed by atoms with Crippen molar-refractivity contribution in [1.82, 2.24) is 0 Å². The highest BCUT2D eigenvalue weighted by Gasteiger charge is 1.98. The number of Topliss-reactive ketones (excluding diaryl/α,β-unsaturated/α-hetero) is 1. The van der Waals surface area contributed by atoms with Crippen molar-refractivity contribution in [2.24, 2.45) is 0 Å². The molecular weight excluding hydrogens is 210 g/mol. The molecule has 1 rings (SSSR count). The first-order valence-electron chi connectivity index (χ1n) is 6.09. The standard InChI is InChI=1S/C13H17NO.C2H6/c1-10-5-4-6-13(9-10)14-11(2)7-8-12(3)15;1-2/h4-6,9,14H,2,7-8H2,1,3H3;1-2H3. The Bertz CT molecular complexity index is 369. The average Bonchev–Trinajstić information content (AvgIpc) is 2.29. The highest BCUT2D eigenvalue weighted by molar-refractivity contribution is 5.75. The summed E-state index contributed by atoms with van der Waals surface area (Å²) >= 11 is 0. The number of anilines is 1. The van der Waals surface area contributed by atoms with E-state index in [-0.39, 0.29) is 5.78 Å². The van der Waals surface area contributed by atoms with E-state index in [0.29, 0.717) is 12.8 Å². The lowest BCUT2D eigenvalue weighted by Crippen LogP contribution is -2.00. The fraction of sp³-hybridized carbons (Fsp3) is 0.400. The van der Waals surface area contributed by atoms with Crippen molar-refractivity contribution in [3.63, 3.8) is 0 Å². The van der Waals surface area contributed by atoms with E-state index in [4.69, 9.17) is 0 Å². The number of allylic oxidation sites excluding steroid dienone is 1. The highest BCUT2D eigenvalue weighted by Crippen LogP contribution is 2.13. The van der Waals surface area contributed by atoms with Crippen LogP contribution in [0.1, 0.15) is 39.2 Å². The molecule has 0 amide bonds. The molecule has 94 valence electrons. The number of aryl methyl sites for hydroxylation is 1. The van der Waals surface area contributed by atoms with Crippen molar-refractivity contribution >= 4 is 11.5 Å². The Labute approximate surface area is 105 Å². The van der Waals surface area contributed by atoms with Crippen LogP contribution < -0.4 is 5.32 Å². The molecule has 0 atom stereocenters. The van der Waals surface area contributed by atoms with E-state index < -0.39 is 0 Å². The Balaban J connectivity index is 0.00000121. The third-order valence-corrected chi connectivity index (χ3v) is 2.12. The third kappa shape index (κ3) is 7.34. The van der Waals surface area contributed by atoms with Crippen LogP contribution in [0.15, 0.2) is 36.5 Å². The maximum atomic E-state index is 10.8. The van der Waals surface area contributed by atoms with Gasteiger partial charge in [-0.1, -0.05) is 32.6 Å². The minimum atomic E-state index is 0.196. The van der Waals surface area contributed by atoms with Gasteiger partial charge in [0, 0.05) is 17.8 Å². The van der Waals surface area contributed by atoms with Crippen molar-refractivity contribution in [3.8, 4) is 0 Å². The van der Waals surface area contributed by atoms with E-state index in [9.17, 15) is 4.79 Å². The van der Waals surface area contributed by atoms with Crippen LogP contribution in [0.25, 0.3) is 0 Å². The molecule has 0 fully saturated rings. The van der Waals surface area contributed by atoms with Gasteiger partial charge in [-0.25, -0.2) is 0 Å². The highest BCUT2D eigenvalue weighted by atomic mass is 16.1. The second-order valence-corrected chi connectivity index (χ2v) is 3.80. The summed E-state index contributed by atoms with van der Waals surface area (Å²) in [6, 6.07) is 8.09. The minimum absolute atomic E-state index is 0.196. The number of ketones is 1. The largest absolute Gasteiger partial charge is 0.359 e. The van der Waals surface area contributed by atoms with Gasteiger partial charge in [-0.05, 0) is 38.0 Å². The molecule has 1 aromatic rings. The van der Waals surface area contributed by atoms with Crippen molar-refractivity contribution in [2.75, 3.05) is 5.32 Å². The lowest BCUT2D eigenvalue weighted by Gasteiger charge is -2.09. The Kier molecular flexibility index (Phi) is 7.78. The molecule has 1 aromatic carbocycles. The summed E-state index contributed by atoms with van der Waals surface area (Å²) in [5, 5.41) is 3.19. The van der Waals surface area contributed by atoms with E-state index in [1.54, 1.807) is 6.92 Å². The molecule has 17 heavy (non-hydrogen) atoms. The van der Waals surface area contributed by atoms with Gasteiger partial charge in [-0.2, -0.15) is 0 Å². The first-order chi connectivity index (χ1) is 8.08. The normalized spacial score (nSPS) is 8.94. The van der Waals surface area contributed by atoms with Gasteiger partial charge in [0.25, 0.3) is 0 Å². The first kappa shape index (κ1) is 15.4. The fourth-order valence-corrected chi connectivity index (χ4v) is 1.32. The molecule has 0 saturated carbocycles. The Morgan fingerprint density at radius 3 is 2.47 bits per heavy atom. The number of hydrogen-bond donors (Lipinski definition) is 1. The number of carbonyl (C=O) groups is 1. The molecule has 0 unspecified atom stereocenters. The molecule has 0 aliphatic rings. The summed E-state index contributed by atoms with van der Waals surface area (Å²) < 4.78 is 0. The average molecular weight is 233 g/mol. The summed E-state index contributed by atoms with van der Waals surface area (Å²) in [4.78, 5) is 10.8. The molecular formula is C15H23NO. The molecule has 0 heterocycles. The Morgan fingerprint density at radius 2 is 1.94 bits per heavy atom. The van der Waals surface area contributed by atoms with Gasteiger partial charge >= 0.3 is 0 Å². The molecule has 1 N–H and O–H groups in total. The van der Waals surface area contributed by atoms with Crippen LogP contribution in [0.4, 0.5) is 5.69 Å². The quantitative estimate of drug-likeness (QED) is 0.820. The predicted octanol–water partition coefficient (Wildman–Crippen LogP) is 4.32. The molecule has 0 saturated heterocycles. The summed E-state index contributed by atoms with van der Waals surface area (Å²) in [5.74, 6) is 0.196. The van der Waals surface area contributed by atoms with Crippen LogP contribution in [-0.4, -0.2) is 5.78 Å². The van der Waals surface area contributed by atoms with Crippen LogP contribution in [0.5, 0.6) is 0 Å². The predicted molar refractivity (Wildman–Crippen MR) is 75.2 cm³/mol. The maximum absolute atomic E-state index is 10.8. The van der Waals surface area contributed by atoms with E-state index >= 15 is 0 Å². The monoisotopic (exact) mass is 233 g/mol. The van der Waals surface area contributed by atoms with Crippen molar-refractivity contribution in [3.05, 3.63) is 42.1 Å². The van der Waals surface area contributed by atoms with Crippen LogP contribution >= 0.6 is 0 Å². The van der Waals surface area contributed by atoms with Gasteiger partial charge in [-0.15, -0.1) is 0 Å². The zero-order valence-electron chi connectivity index (χ0n) is 11.3. The lowest BCUT2D eigenvalue weighted by molar-refractivity contribution is -0.116. The number of hydrogen-bond acceptors (Lipinski definition) is 2. The Hall–Kier alpha value is -1.57. The van der Waals surface area contributed by atoms with Crippen LogP contribution in [0.2, 0.25) is 0 Å². The molecule has 0 radical (unpaired) electrons. The second kappa shape index (κ2) is 8.57. The summed E-state index contributed by atoms with van der Waals surface area (Å²) in [6.45, 7) is 11.5. The summed E-state index contributed by atoms with van der Waals surface area (Å²) in [6.07, 6.45) is 1.25. The third-order valence-electron chi connectivity index (χ3n) is 2.12. The van der Waals surface area contributed by atoms with Gasteiger partial charge in [-0.3, -0.25) is 0 Å². The number of benzene rings is 1. The molecule has 0 aromatic heterocycles. The van der Waals surface area contributed by atoms with Crippen LogP contribution in [-0.2, 0) is 4.79 Å². The van der Waals surface area contributed by atoms with Crippen molar-refractivity contribution in [1.29, 1.82) is 0 Å². The molecule has 0 spiro atoms. The van der Waals surface area contributed by atoms with E-state index in [1.165, 1.54) is 5.56 Å². The minimum Gasteiger partial charge on any atom is -0.359 e.